The number of hydrogen-bond donors (Lipinski definition) is 2. The molecule has 0 bridgehead atoms. The SMILES string of the molecule is O=C(O)N1CCCC(O)(Cc2ccc(Cl)cc2F)CC1. The monoisotopic (exact) mass is 301 g/mol. The van der Waals surface area contributed by atoms with Gasteiger partial charge >= 0.3 is 6.09 Å². The van der Waals surface area contributed by atoms with Gasteiger partial charge in [0.1, 0.15) is 5.82 Å². The van der Waals surface area contributed by atoms with Crippen molar-refractivity contribution >= 4 is 17.7 Å². The van der Waals surface area contributed by atoms with Crippen molar-refractivity contribution in [1.82, 2.24) is 4.90 Å². The summed E-state index contributed by atoms with van der Waals surface area (Å²) in [6.45, 7) is 0.668. The van der Waals surface area contributed by atoms with E-state index in [0.717, 1.165) is 0 Å². The second-order valence-electron chi connectivity index (χ2n) is 5.26. The highest BCUT2D eigenvalue weighted by atomic mass is 35.5. The van der Waals surface area contributed by atoms with Gasteiger partial charge < -0.3 is 15.1 Å². The van der Waals surface area contributed by atoms with Gasteiger partial charge in [-0.25, -0.2) is 9.18 Å². The average Bonchev–Trinajstić information content (AvgIpc) is 2.55. The van der Waals surface area contributed by atoms with Gasteiger partial charge in [-0.1, -0.05) is 17.7 Å². The lowest BCUT2D eigenvalue weighted by atomic mass is 9.87. The summed E-state index contributed by atoms with van der Waals surface area (Å²) in [4.78, 5) is 12.2. The van der Waals surface area contributed by atoms with Crippen molar-refractivity contribution in [3.8, 4) is 0 Å². The second-order valence-corrected chi connectivity index (χ2v) is 5.70. The Kier molecular flexibility index (Phi) is 4.50. The smallest absolute Gasteiger partial charge is 0.407 e. The Bertz CT molecular complexity index is 511. The minimum atomic E-state index is -1.07. The van der Waals surface area contributed by atoms with E-state index < -0.39 is 17.5 Å². The molecule has 6 heteroatoms. The number of carboxylic acid groups (broad SMARTS) is 1. The Labute approximate surface area is 121 Å². The summed E-state index contributed by atoms with van der Waals surface area (Å²) in [7, 11) is 0. The molecule has 1 aromatic rings. The van der Waals surface area contributed by atoms with Crippen molar-refractivity contribution < 1.29 is 19.4 Å². The zero-order valence-corrected chi connectivity index (χ0v) is 11.7. The van der Waals surface area contributed by atoms with Crippen LogP contribution in [0.1, 0.15) is 24.8 Å². The number of amides is 1. The summed E-state index contributed by atoms with van der Waals surface area (Å²) in [5, 5.41) is 19.9. The van der Waals surface area contributed by atoms with Crippen LogP contribution in [0.3, 0.4) is 0 Å². The molecule has 2 N–H and O–H groups in total. The van der Waals surface area contributed by atoms with Crippen molar-refractivity contribution in [1.29, 1.82) is 0 Å². The van der Waals surface area contributed by atoms with Gasteiger partial charge in [0.05, 0.1) is 5.60 Å². The van der Waals surface area contributed by atoms with E-state index in [9.17, 15) is 14.3 Å². The Morgan fingerprint density at radius 3 is 2.80 bits per heavy atom. The predicted molar refractivity (Wildman–Crippen MR) is 73.5 cm³/mol. The molecule has 0 aliphatic carbocycles. The second kappa shape index (κ2) is 5.97. The predicted octanol–water partition coefficient (Wildman–Crippen LogP) is 2.92. The van der Waals surface area contributed by atoms with Crippen LogP contribution in [0.15, 0.2) is 18.2 Å². The van der Waals surface area contributed by atoms with Gasteiger partial charge in [0.25, 0.3) is 0 Å². The first-order chi connectivity index (χ1) is 9.39. The molecule has 1 aliphatic rings. The van der Waals surface area contributed by atoms with Crippen molar-refractivity contribution in [2.45, 2.75) is 31.3 Å². The van der Waals surface area contributed by atoms with Gasteiger partial charge in [0, 0.05) is 24.5 Å². The topological polar surface area (TPSA) is 60.8 Å². The van der Waals surface area contributed by atoms with Crippen LogP contribution in [-0.4, -0.2) is 39.9 Å². The summed E-state index contributed by atoms with van der Waals surface area (Å²) < 4.78 is 13.8. The summed E-state index contributed by atoms with van der Waals surface area (Å²) >= 11 is 5.70. The molecule has 1 fully saturated rings. The number of nitrogens with zero attached hydrogens (tertiary/aromatic N) is 1. The fourth-order valence-corrected chi connectivity index (χ4v) is 2.73. The van der Waals surface area contributed by atoms with E-state index in [1.165, 1.54) is 11.0 Å². The van der Waals surface area contributed by atoms with Crippen molar-refractivity contribution in [3.63, 3.8) is 0 Å². The molecule has 20 heavy (non-hydrogen) atoms. The highest BCUT2D eigenvalue weighted by Gasteiger charge is 2.32. The highest BCUT2D eigenvalue weighted by Crippen LogP contribution is 2.28. The molecule has 110 valence electrons. The minimum Gasteiger partial charge on any atom is -0.465 e. The molecule has 1 aromatic carbocycles. The molecule has 4 nitrogen and oxygen atoms in total. The fourth-order valence-electron chi connectivity index (χ4n) is 2.57. The number of likely N-dealkylation sites (tertiary alicyclic amines) is 1. The van der Waals surface area contributed by atoms with Crippen LogP contribution in [0.4, 0.5) is 9.18 Å². The third-order valence-electron chi connectivity index (χ3n) is 3.72. The molecule has 0 aromatic heterocycles. The van der Waals surface area contributed by atoms with Crippen LogP contribution < -0.4 is 0 Å². The maximum Gasteiger partial charge on any atom is 0.407 e. The van der Waals surface area contributed by atoms with E-state index in [-0.39, 0.29) is 13.0 Å². The van der Waals surface area contributed by atoms with Crippen molar-refractivity contribution in [2.75, 3.05) is 13.1 Å². The molecular formula is C14H17ClFNO3. The largest absolute Gasteiger partial charge is 0.465 e. The molecule has 1 atom stereocenters. The third kappa shape index (κ3) is 3.61. The number of benzene rings is 1. The van der Waals surface area contributed by atoms with E-state index in [1.807, 2.05) is 0 Å². The summed E-state index contributed by atoms with van der Waals surface area (Å²) in [5.74, 6) is -0.440. The summed E-state index contributed by atoms with van der Waals surface area (Å²) in [5.41, 5.74) is -0.667. The molecule has 1 amide bonds. The molecule has 0 spiro atoms. The molecule has 1 heterocycles. The molecule has 1 aliphatic heterocycles. The third-order valence-corrected chi connectivity index (χ3v) is 3.96. The Morgan fingerprint density at radius 1 is 1.40 bits per heavy atom. The van der Waals surface area contributed by atoms with Crippen LogP contribution in [-0.2, 0) is 6.42 Å². The number of hydrogen-bond acceptors (Lipinski definition) is 2. The summed E-state index contributed by atoms with van der Waals surface area (Å²) in [6, 6.07) is 4.37. The molecule has 1 saturated heterocycles. The first kappa shape index (κ1) is 15.1. The Balaban J connectivity index is 2.09. The van der Waals surface area contributed by atoms with E-state index in [0.29, 0.717) is 36.4 Å². The quantitative estimate of drug-likeness (QED) is 0.883. The van der Waals surface area contributed by atoms with Gasteiger partial charge in [0.15, 0.2) is 0 Å². The van der Waals surface area contributed by atoms with Crippen LogP contribution in [0, 0.1) is 5.82 Å². The van der Waals surface area contributed by atoms with E-state index in [1.54, 1.807) is 12.1 Å². The van der Waals surface area contributed by atoms with E-state index in [4.69, 9.17) is 16.7 Å². The summed E-state index contributed by atoms with van der Waals surface area (Å²) in [6.07, 6.45) is 0.522. The first-order valence-corrected chi connectivity index (χ1v) is 6.92. The highest BCUT2D eigenvalue weighted by molar-refractivity contribution is 6.30. The zero-order chi connectivity index (χ0) is 14.8. The molecule has 0 saturated carbocycles. The molecular weight excluding hydrogens is 285 g/mol. The zero-order valence-electron chi connectivity index (χ0n) is 11.0. The lowest BCUT2D eigenvalue weighted by molar-refractivity contribution is 0.0253. The van der Waals surface area contributed by atoms with Gasteiger partial charge in [-0.05, 0) is 37.0 Å². The standard InChI is InChI=1S/C14H17ClFNO3/c15-11-3-2-10(12(16)8-11)9-14(20)4-1-6-17(7-5-14)13(18)19/h2-3,8,20H,1,4-7,9H2,(H,18,19). The Hall–Kier alpha value is -1.33. The van der Waals surface area contributed by atoms with Crippen molar-refractivity contribution in [2.24, 2.45) is 0 Å². The number of carbonyl (C=O) groups is 1. The average molecular weight is 302 g/mol. The Morgan fingerprint density at radius 2 is 2.15 bits per heavy atom. The lowest BCUT2D eigenvalue weighted by Gasteiger charge is -2.27. The van der Waals surface area contributed by atoms with Crippen LogP contribution in [0.5, 0.6) is 0 Å². The minimum absolute atomic E-state index is 0.170. The van der Waals surface area contributed by atoms with E-state index >= 15 is 0 Å². The van der Waals surface area contributed by atoms with Crippen LogP contribution in [0.2, 0.25) is 5.02 Å². The van der Waals surface area contributed by atoms with Crippen molar-refractivity contribution in [3.05, 3.63) is 34.6 Å². The normalized spacial score (nSPS) is 23.4. The van der Waals surface area contributed by atoms with Gasteiger partial charge in [-0.3, -0.25) is 0 Å². The lowest BCUT2D eigenvalue weighted by Crippen LogP contribution is -2.35. The van der Waals surface area contributed by atoms with Gasteiger partial charge in [0.2, 0.25) is 0 Å². The number of aliphatic hydroxyl groups is 1. The molecule has 0 radical (unpaired) electrons. The molecule has 2 rings (SSSR count). The maximum atomic E-state index is 13.8. The molecule has 1 unspecified atom stereocenters. The van der Waals surface area contributed by atoms with E-state index in [2.05, 4.69) is 0 Å². The van der Waals surface area contributed by atoms with Crippen LogP contribution in [0.25, 0.3) is 0 Å². The van der Waals surface area contributed by atoms with Gasteiger partial charge in [-0.2, -0.15) is 0 Å². The van der Waals surface area contributed by atoms with Crippen LogP contribution >= 0.6 is 11.6 Å². The maximum absolute atomic E-state index is 13.8. The number of rotatable bonds is 2. The fraction of sp³-hybridized carbons (Fsp3) is 0.500. The number of halogens is 2. The van der Waals surface area contributed by atoms with Gasteiger partial charge in [-0.15, -0.1) is 0 Å². The first-order valence-electron chi connectivity index (χ1n) is 6.54.